The van der Waals surface area contributed by atoms with Crippen LogP contribution in [0.15, 0.2) is 42.9 Å². The smallest absolute Gasteiger partial charge is 0.224 e. The van der Waals surface area contributed by atoms with Crippen molar-refractivity contribution in [1.82, 2.24) is 15.3 Å². The van der Waals surface area contributed by atoms with Gasteiger partial charge in [-0.2, -0.15) is 5.26 Å². The van der Waals surface area contributed by atoms with Crippen LogP contribution in [0.4, 0.5) is 5.82 Å². The first kappa shape index (κ1) is 16.9. The number of carbonyl (C=O) groups excluding carboxylic acids is 1. The molecule has 128 valence electrons. The van der Waals surface area contributed by atoms with Crippen molar-refractivity contribution in [1.29, 1.82) is 5.26 Å². The lowest BCUT2D eigenvalue weighted by Gasteiger charge is -2.33. The molecule has 2 heterocycles. The predicted molar refractivity (Wildman–Crippen MR) is 91.7 cm³/mol. The molecule has 0 aliphatic carbocycles. The number of hydrogen-bond acceptors (Lipinski definition) is 6. The van der Waals surface area contributed by atoms with Crippen molar-refractivity contribution in [3.63, 3.8) is 0 Å². The number of benzene rings is 1. The van der Waals surface area contributed by atoms with Gasteiger partial charge in [0.25, 0.3) is 0 Å². The van der Waals surface area contributed by atoms with E-state index in [9.17, 15) is 4.79 Å². The number of carbonyl (C=O) groups is 1. The monoisotopic (exact) mass is 337 g/mol. The number of aromatic nitrogens is 2. The molecule has 1 aromatic carbocycles. The molecule has 0 bridgehead atoms. The van der Waals surface area contributed by atoms with E-state index in [1.54, 1.807) is 36.5 Å². The average molecular weight is 337 g/mol. The minimum atomic E-state index is -0.0499. The maximum absolute atomic E-state index is 12.4. The molecular weight excluding hydrogens is 318 g/mol. The molecule has 1 saturated heterocycles. The van der Waals surface area contributed by atoms with E-state index >= 15 is 0 Å². The molecule has 1 amide bonds. The van der Waals surface area contributed by atoms with E-state index in [1.807, 2.05) is 0 Å². The van der Waals surface area contributed by atoms with Crippen LogP contribution in [-0.4, -0.2) is 41.2 Å². The fourth-order valence-corrected chi connectivity index (χ4v) is 2.76. The molecule has 7 nitrogen and oxygen atoms in total. The van der Waals surface area contributed by atoms with Crippen molar-refractivity contribution in [2.45, 2.75) is 24.9 Å². The number of nitriles is 1. The summed E-state index contributed by atoms with van der Waals surface area (Å²) >= 11 is 0. The number of nitrogens with zero attached hydrogens (tertiary/aromatic N) is 3. The second-order valence-electron chi connectivity index (χ2n) is 5.87. The summed E-state index contributed by atoms with van der Waals surface area (Å²) in [5.74, 6) is 0.655. The van der Waals surface area contributed by atoms with Gasteiger partial charge in [-0.25, -0.2) is 9.97 Å². The minimum absolute atomic E-state index is 0.0328. The number of amides is 1. The Balaban J connectivity index is 1.58. The van der Waals surface area contributed by atoms with Gasteiger partial charge in [-0.3, -0.25) is 4.79 Å². The van der Waals surface area contributed by atoms with E-state index in [4.69, 9.17) is 10.00 Å². The first-order valence-electron chi connectivity index (χ1n) is 8.13. The van der Waals surface area contributed by atoms with Crippen LogP contribution in [0.3, 0.4) is 0 Å². The molecule has 1 aliphatic heterocycles. The lowest BCUT2D eigenvalue weighted by molar-refractivity contribution is -0.121. The first-order valence-corrected chi connectivity index (χ1v) is 8.13. The standard InChI is InChI=1S/C18H19N5O2/c19-10-14-3-1-13(2-4-14)9-18(24)23-15-6-8-25-11-16(15)22-17-5-7-20-12-21-17/h1-5,7,12,15-16H,6,8-9,11H2,(H,23,24)(H,20,21,22)/t15-,16+/m0/s1. The van der Waals surface area contributed by atoms with Gasteiger partial charge in [0.2, 0.25) is 5.91 Å². The normalized spacial score (nSPS) is 19.6. The van der Waals surface area contributed by atoms with Crippen LogP contribution in [-0.2, 0) is 16.0 Å². The summed E-state index contributed by atoms with van der Waals surface area (Å²) in [4.78, 5) is 20.4. The Morgan fingerprint density at radius 2 is 2.12 bits per heavy atom. The minimum Gasteiger partial charge on any atom is -0.379 e. The zero-order chi connectivity index (χ0) is 17.5. The van der Waals surface area contributed by atoms with Gasteiger partial charge in [0, 0.05) is 12.8 Å². The third-order valence-electron chi connectivity index (χ3n) is 4.07. The Morgan fingerprint density at radius 3 is 2.84 bits per heavy atom. The fourth-order valence-electron chi connectivity index (χ4n) is 2.76. The summed E-state index contributed by atoms with van der Waals surface area (Å²) in [6.07, 6.45) is 4.16. The van der Waals surface area contributed by atoms with Crippen molar-refractivity contribution >= 4 is 11.7 Å². The van der Waals surface area contributed by atoms with Crippen molar-refractivity contribution in [2.24, 2.45) is 0 Å². The Kier molecular flexibility index (Phi) is 5.54. The van der Waals surface area contributed by atoms with Gasteiger partial charge in [-0.15, -0.1) is 0 Å². The van der Waals surface area contributed by atoms with Crippen molar-refractivity contribution in [3.8, 4) is 6.07 Å². The molecule has 0 saturated carbocycles. The number of ether oxygens (including phenoxy) is 1. The highest BCUT2D eigenvalue weighted by Gasteiger charge is 2.27. The Morgan fingerprint density at radius 1 is 1.28 bits per heavy atom. The van der Waals surface area contributed by atoms with Crippen molar-refractivity contribution in [3.05, 3.63) is 54.0 Å². The molecule has 2 atom stereocenters. The van der Waals surface area contributed by atoms with Gasteiger partial charge in [0.15, 0.2) is 0 Å². The molecule has 2 aromatic rings. The Bertz CT molecular complexity index is 742. The largest absolute Gasteiger partial charge is 0.379 e. The van der Waals surface area contributed by atoms with Gasteiger partial charge < -0.3 is 15.4 Å². The molecular formula is C18H19N5O2. The van der Waals surface area contributed by atoms with E-state index < -0.39 is 0 Å². The summed E-state index contributed by atoms with van der Waals surface area (Å²) in [5, 5.41) is 15.2. The van der Waals surface area contributed by atoms with E-state index in [2.05, 4.69) is 26.7 Å². The zero-order valence-electron chi connectivity index (χ0n) is 13.7. The first-order chi connectivity index (χ1) is 12.2. The molecule has 0 unspecified atom stereocenters. The predicted octanol–water partition coefficient (Wildman–Crippen LogP) is 1.28. The summed E-state index contributed by atoms with van der Waals surface area (Å²) in [5.41, 5.74) is 1.46. The number of anilines is 1. The van der Waals surface area contributed by atoms with Crippen LogP contribution >= 0.6 is 0 Å². The highest BCUT2D eigenvalue weighted by Crippen LogP contribution is 2.13. The van der Waals surface area contributed by atoms with Gasteiger partial charge in [-0.05, 0) is 30.2 Å². The van der Waals surface area contributed by atoms with Gasteiger partial charge in [-0.1, -0.05) is 12.1 Å². The molecule has 0 spiro atoms. The summed E-state index contributed by atoms with van der Waals surface area (Å²) in [7, 11) is 0. The SMILES string of the molecule is N#Cc1ccc(CC(=O)N[C@H]2CCOC[C@H]2Nc2ccncn2)cc1. The van der Waals surface area contributed by atoms with Crippen LogP contribution in [0, 0.1) is 11.3 Å². The topological polar surface area (TPSA) is 99.9 Å². The highest BCUT2D eigenvalue weighted by atomic mass is 16.5. The fraction of sp³-hybridized carbons (Fsp3) is 0.333. The second kappa shape index (κ2) is 8.22. The molecule has 2 N–H and O–H groups in total. The van der Waals surface area contributed by atoms with Crippen LogP contribution in [0.2, 0.25) is 0 Å². The van der Waals surface area contributed by atoms with Crippen molar-refractivity contribution in [2.75, 3.05) is 18.5 Å². The maximum Gasteiger partial charge on any atom is 0.224 e. The van der Waals surface area contributed by atoms with E-state index in [1.165, 1.54) is 6.33 Å². The molecule has 25 heavy (non-hydrogen) atoms. The average Bonchev–Trinajstić information content (AvgIpc) is 2.65. The molecule has 1 fully saturated rings. The van der Waals surface area contributed by atoms with E-state index in [0.29, 0.717) is 24.6 Å². The maximum atomic E-state index is 12.4. The molecule has 3 rings (SSSR count). The highest BCUT2D eigenvalue weighted by molar-refractivity contribution is 5.79. The second-order valence-corrected chi connectivity index (χ2v) is 5.87. The summed E-state index contributed by atoms with van der Waals surface area (Å²) < 4.78 is 5.52. The zero-order valence-corrected chi connectivity index (χ0v) is 13.7. The van der Waals surface area contributed by atoms with E-state index in [0.717, 1.165) is 12.0 Å². The Labute approximate surface area is 146 Å². The van der Waals surface area contributed by atoms with Gasteiger partial charge >= 0.3 is 0 Å². The van der Waals surface area contributed by atoms with Crippen LogP contribution in [0.5, 0.6) is 0 Å². The quantitative estimate of drug-likeness (QED) is 0.852. The van der Waals surface area contributed by atoms with E-state index in [-0.39, 0.29) is 24.4 Å². The number of rotatable bonds is 5. The Hall–Kier alpha value is -2.98. The van der Waals surface area contributed by atoms with Crippen LogP contribution in [0.25, 0.3) is 0 Å². The lowest BCUT2D eigenvalue weighted by Crippen LogP contribution is -2.52. The van der Waals surface area contributed by atoms with Gasteiger partial charge in [0.1, 0.15) is 12.1 Å². The van der Waals surface area contributed by atoms with Crippen molar-refractivity contribution < 1.29 is 9.53 Å². The third-order valence-corrected chi connectivity index (χ3v) is 4.07. The molecule has 0 radical (unpaired) electrons. The van der Waals surface area contributed by atoms with Crippen LogP contribution in [0.1, 0.15) is 17.5 Å². The van der Waals surface area contributed by atoms with Gasteiger partial charge in [0.05, 0.1) is 36.7 Å². The summed E-state index contributed by atoms with van der Waals surface area (Å²) in [6.45, 7) is 1.12. The lowest BCUT2D eigenvalue weighted by atomic mass is 10.0. The third kappa shape index (κ3) is 4.75. The number of hydrogen-bond donors (Lipinski definition) is 2. The summed E-state index contributed by atoms with van der Waals surface area (Å²) in [6, 6.07) is 10.8. The number of nitrogens with one attached hydrogen (secondary N) is 2. The molecule has 1 aromatic heterocycles. The molecule has 7 heteroatoms. The van der Waals surface area contributed by atoms with Crippen LogP contribution < -0.4 is 10.6 Å². The molecule has 1 aliphatic rings.